The average molecular weight is 235 g/mol. The van der Waals surface area contributed by atoms with Crippen molar-refractivity contribution in [1.29, 1.82) is 0 Å². The molecule has 7 nitrogen and oxygen atoms in total. The van der Waals surface area contributed by atoms with Crippen molar-refractivity contribution in [2.24, 2.45) is 0 Å². The van der Waals surface area contributed by atoms with Crippen LogP contribution in [0.25, 0.3) is 11.4 Å². The largest absolute Gasteiger partial charge is 0.511 e. The van der Waals surface area contributed by atoms with Gasteiger partial charge in [0.25, 0.3) is 0 Å². The highest BCUT2D eigenvalue weighted by atomic mass is 16.4. The molecule has 0 saturated carbocycles. The van der Waals surface area contributed by atoms with Crippen molar-refractivity contribution in [2.75, 3.05) is 0 Å². The van der Waals surface area contributed by atoms with E-state index in [0.717, 1.165) is 0 Å². The Balaban J connectivity index is 2.63. The van der Waals surface area contributed by atoms with Crippen LogP contribution in [-0.2, 0) is 4.79 Å². The molecule has 0 aliphatic carbocycles. The number of carboxylic acid groups (broad SMARTS) is 1. The molecule has 0 saturated heterocycles. The first kappa shape index (κ1) is 11.1. The van der Waals surface area contributed by atoms with E-state index in [9.17, 15) is 14.7 Å². The Morgan fingerprint density at radius 3 is 2.82 bits per heavy atom. The summed E-state index contributed by atoms with van der Waals surface area (Å²) in [7, 11) is 0. The van der Waals surface area contributed by atoms with Gasteiger partial charge in [0.2, 0.25) is 0 Å². The minimum atomic E-state index is -1.04. The highest BCUT2D eigenvalue weighted by Crippen LogP contribution is 2.00. The van der Waals surface area contributed by atoms with Gasteiger partial charge in [-0.2, -0.15) is 5.10 Å². The molecule has 0 amide bonds. The Bertz CT molecular complexity index is 676. The normalized spacial score (nSPS) is 12.7. The Hall–Kier alpha value is -2.44. The zero-order chi connectivity index (χ0) is 12.4. The number of fused-ring (bicyclic) bond motifs is 1. The topological polar surface area (TPSA) is 105 Å². The van der Waals surface area contributed by atoms with Gasteiger partial charge < -0.3 is 10.2 Å². The van der Waals surface area contributed by atoms with E-state index < -0.39 is 11.4 Å². The molecule has 7 heteroatoms. The van der Waals surface area contributed by atoms with E-state index >= 15 is 0 Å². The zero-order valence-corrected chi connectivity index (χ0v) is 8.70. The van der Waals surface area contributed by atoms with Gasteiger partial charge in [-0.1, -0.05) is 0 Å². The van der Waals surface area contributed by atoms with Crippen LogP contribution < -0.4 is 10.6 Å². The quantitative estimate of drug-likeness (QED) is 0.731. The molecule has 0 aliphatic rings. The molecule has 2 rings (SSSR count). The second-order valence-corrected chi connectivity index (χ2v) is 3.42. The van der Waals surface area contributed by atoms with Crippen LogP contribution in [0.5, 0.6) is 0 Å². The number of carbonyl (C=O) groups is 1. The van der Waals surface area contributed by atoms with E-state index in [-0.39, 0.29) is 29.5 Å². The van der Waals surface area contributed by atoms with Crippen LogP contribution >= 0.6 is 0 Å². The molecule has 88 valence electrons. The smallest absolute Gasteiger partial charge is 0.303 e. The predicted molar refractivity (Wildman–Crippen MR) is 57.4 cm³/mol. The summed E-state index contributed by atoms with van der Waals surface area (Å²) in [5.74, 6) is -1.33. The summed E-state index contributed by atoms with van der Waals surface area (Å²) in [5.41, 5.74) is -0.186. The molecule has 0 spiro atoms. The summed E-state index contributed by atoms with van der Waals surface area (Å²) in [6.07, 6.45) is 2.32. The molecule has 2 aromatic heterocycles. The van der Waals surface area contributed by atoms with Crippen LogP contribution in [0.15, 0.2) is 23.4 Å². The van der Waals surface area contributed by atoms with Gasteiger partial charge in [0.15, 0.2) is 11.1 Å². The molecule has 0 atom stereocenters. The summed E-state index contributed by atoms with van der Waals surface area (Å²) in [6.45, 7) is 0. The Morgan fingerprint density at radius 1 is 1.35 bits per heavy atom. The highest BCUT2D eigenvalue weighted by molar-refractivity contribution is 5.68. The average Bonchev–Trinajstić information content (AvgIpc) is 2.73. The van der Waals surface area contributed by atoms with Crippen molar-refractivity contribution in [3.8, 4) is 0 Å². The lowest BCUT2D eigenvalue weighted by Gasteiger charge is -1.97. The molecule has 0 aromatic carbocycles. The van der Waals surface area contributed by atoms with Gasteiger partial charge in [0.1, 0.15) is 17.3 Å². The van der Waals surface area contributed by atoms with Gasteiger partial charge in [-0.3, -0.25) is 9.59 Å². The minimum absolute atomic E-state index is 0.00579. The van der Waals surface area contributed by atoms with Crippen LogP contribution in [0.3, 0.4) is 0 Å². The maximum atomic E-state index is 11.6. The van der Waals surface area contributed by atoms with Crippen molar-refractivity contribution >= 4 is 17.4 Å². The molecule has 0 bridgehead atoms. The Morgan fingerprint density at radius 2 is 2.12 bits per heavy atom. The zero-order valence-electron chi connectivity index (χ0n) is 8.70. The van der Waals surface area contributed by atoms with Gasteiger partial charge in [0, 0.05) is 18.7 Å². The number of aromatic nitrogens is 3. The van der Waals surface area contributed by atoms with Crippen molar-refractivity contribution in [3.05, 3.63) is 34.0 Å². The molecule has 0 unspecified atom stereocenters. The number of aliphatic carboxylic acids is 1. The molecular formula is C10H9N3O4. The van der Waals surface area contributed by atoms with Crippen molar-refractivity contribution in [3.63, 3.8) is 0 Å². The van der Waals surface area contributed by atoms with Gasteiger partial charge in [-0.05, 0) is 0 Å². The van der Waals surface area contributed by atoms with E-state index in [1.165, 1.54) is 23.1 Å². The molecule has 2 aromatic rings. The van der Waals surface area contributed by atoms with Crippen molar-refractivity contribution in [1.82, 2.24) is 14.6 Å². The van der Waals surface area contributed by atoms with Crippen LogP contribution in [-0.4, -0.2) is 30.8 Å². The lowest BCUT2D eigenvalue weighted by Crippen LogP contribution is -2.29. The first-order chi connectivity index (χ1) is 8.09. The Kier molecular flexibility index (Phi) is 2.73. The van der Waals surface area contributed by atoms with Crippen LogP contribution in [0, 0.1) is 0 Å². The monoisotopic (exact) mass is 235 g/mol. The minimum Gasteiger partial charge on any atom is -0.511 e. The summed E-state index contributed by atoms with van der Waals surface area (Å²) in [4.78, 5) is 25.9. The van der Waals surface area contributed by atoms with Crippen molar-refractivity contribution in [2.45, 2.75) is 12.8 Å². The predicted octanol–water partition coefficient (Wildman–Crippen LogP) is -0.661. The van der Waals surface area contributed by atoms with E-state index in [1.54, 1.807) is 0 Å². The number of aliphatic hydroxyl groups excluding tert-OH is 1. The fourth-order valence-corrected chi connectivity index (χ4v) is 1.49. The SMILES string of the molecule is O=C(O)CC/C(O)=c1\c(=O)ccn2ncnc12. The molecule has 0 radical (unpaired) electrons. The van der Waals surface area contributed by atoms with Gasteiger partial charge in [-0.15, -0.1) is 0 Å². The van der Waals surface area contributed by atoms with E-state index in [1.807, 2.05) is 0 Å². The first-order valence-electron chi connectivity index (χ1n) is 4.86. The second-order valence-electron chi connectivity index (χ2n) is 3.42. The van der Waals surface area contributed by atoms with Gasteiger partial charge in [-0.25, -0.2) is 9.50 Å². The third-order valence-corrected chi connectivity index (χ3v) is 2.27. The van der Waals surface area contributed by atoms with Crippen LogP contribution in [0.2, 0.25) is 0 Å². The number of rotatable bonds is 3. The molecule has 0 fully saturated rings. The maximum absolute atomic E-state index is 11.6. The lowest BCUT2D eigenvalue weighted by molar-refractivity contribution is -0.136. The molecule has 0 aliphatic heterocycles. The number of hydrogen-bond donors (Lipinski definition) is 2. The Labute approximate surface area is 94.6 Å². The van der Waals surface area contributed by atoms with E-state index in [4.69, 9.17) is 5.11 Å². The van der Waals surface area contributed by atoms with E-state index in [2.05, 4.69) is 10.1 Å². The summed E-state index contributed by atoms with van der Waals surface area (Å²) in [5, 5.41) is 22.1. The number of aliphatic hydroxyl groups is 1. The molecule has 17 heavy (non-hydrogen) atoms. The number of pyridine rings is 1. The maximum Gasteiger partial charge on any atom is 0.303 e. The summed E-state index contributed by atoms with van der Waals surface area (Å²) < 4.78 is 1.34. The number of carboxylic acids is 1. The standard InChI is InChI=1S/C10H9N3O4/c14-6(1-2-8(16)17)9-7(15)3-4-13-10(9)11-5-12-13/h3-5,14H,1-2H2,(H,16,17)/b9-6-. The first-order valence-corrected chi connectivity index (χ1v) is 4.86. The van der Waals surface area contributed by atoms with Gasteiger partial charge >= 0.3 is 5.97 Å². The van der Waals surface area contributed by atoms with Crippen LogP contribution in [0.1, 0.15) is 12.8 Å². The molecular weight excluding hydrogens is 226 g/mol. The highest BCUT2D eigenvalue weighted by Gasteiger charge is 2.08. The van der Waals surface area contributed by atoms with Crippen LogP contribution in [0.4, 0.5) is 0 Å². The molecule has 2 N–H and O–H groups in total. The van der Waals surface area contributed by atoms with E-state index in [0.29, 0.717) is 0 Å². The number of nitrogens with zero attached hydrogens (tertiary/aromatic N) is 3. The lowest BCUT2D eigenvalue weighted by atomic mass is 10.2. The fourth-order valence-electron chi connectivity index (χ4n) is 1.49. The van der Waals surface area contributed by atoms with Crippen molar-refractivity contribution < 1.29 is 15.0 Å². The van der Waals surface area contributed by atoms with Gasteiger partial charge in [0.05, 0.1) is 6.42 Å². The fraction of sp³-hybridized carbons (Fsp3) is 0.200. The third-order valence-electron chi connectivity index (χ3n) is 2.27. The molecule has 2 heterocycles. The second kappa shape index (κ2) is 4.20. The third kappa shape index (κ3) is 2.07. The number of hydrogen-bond acceptors (Lipinski definition) is 5. The summed E-state index contributed by atoms with van der Waals surface area (Å²) >= 11 is 0. The summed E-state index contributed by atoms with van der Waals surface area (Å²) in [6, 6.07) is 1.24.